The number of sulfone groups is 1. The summed E-state index contributed by atoms with van der Waals surface area (Å²) in [6.45, 7) is 0. The molecule has 9 heteroatoms. The van der Waals surface area contributed by atoms with E-state index in [1.807, 2.05) is 0 Å². The molecule has 2 aromatic carbocycles. The number of ether oxygens (including phenoxy) is 1. The maximum absolute atomic E-state index is 13.2. The number of hydrogen-bond acceptors (Lipinski definition) is 5. The first-order chi connectivity index (χ1) is 10.6. The van der Waals surface area contributed by atoms with Crippen molar-refractivity contribution in [3.63, 3.8) is 0 Å². The van der Waals surface area contributed by atoms with E-state index in [-0.39, 0.29) is 21.2 Å². The molecular weight excluding hydrogens is 345 g/mol. The lowest BCUT2D eigenvalue weighted by molar-refractivity contribution is 0.402. The Morgan fingerprint density at radius 2 is 1.74 bits per heavy atom. The molecule has 0 spiro atoms. The highest BCUT2D eigenvalue weighted by atomic mass is 32.2. The lowest BCUT2D eigenvalue weighted by Crippen LogP contribution is -2.15. The molecule has 0 saturated carbocycles. The summed E-state index contributed by atoms with van der Waals surface area (Å²) in [5.41, 5.74) is 0.0109. The number of anilines is 1. The number of methoxy groups -OCH3 is 1. The number of benzene rings is 2. The predicted octanol–water partition coefficient (Wildman–Crippen LogP) is 2.04. The SMILES string of the molecule is COc1ccc(S(C)(=O)=O)cc1S(=O)(=O)Nc1cccc(F)c1. The molecule has 0 aliphatic rings. The fraction of sp³-hybridized carbons (Fsp3) is 0.143. The third kappa shape index (κ3) is 3.99. The highest BCUT2D eigenvalue weighted by Gasteiger charge is 2.22. The van der Waals surface area contributed by atoms with E-state index in [1.54, 1.807) is 0 Å². The number of halogens is 1. The second-order valence-corrected chi connectivity index (χ2v) is 8.37. The molecule has 2 aromatic rings. The molecule has 0 heterocycles. The maximum Gasteiger partial charge on any atom is 0.265 e. The van der Waals surface area contributed by atoms with E-state index in [9.17, 15) is 21.2 Å². The molecule has 1 N–H and O–H groups in total. The molecule has 0 aliphatic heterocycles. The Bertz CT molecular complexity index is 939. The molecule has 0 aromatic heterocycles. The van der Waals surface area contributed by atoms with Crippen LogP contribution in [0.25, 0.3) is 0 Å². The molecule has 23 heavy (non-hydrogen) atoms. The van der Waals surface area contributed by atoms with Crippen molar-refractivity contribution in [2.75, 3.05) is 18.1 Å². The van der Waals surface area contributed by atoms with Gasteiger partial charge in [0.25, 0.3) is 10.0 Å². The van der Waals surface area contributed by atoms with Crippen LogP contribution in [-0.2, 0) is 19.9 Å². The highest BCUT2D eigenvalue weighted by molar-refractivity contribution is 7.93. The van der Waals surface area contributed by atoms with Crippen molar-refractivity contribution in [3.8, 4) is 5.75 Å². The number of hydrogen-bond donors (Lipinski definition) is 1. The van der Waals surface area contributed by atoms with Gasteiger partial charge in [0.15, 0.2) is 9.84 Å². The van der Waals surface area contributed by atoms with Gasteiger partial charge in [0.1, 0.15) is 16.5 Å². The Hall–Kier alpha value is -2.13. The van der Waals surface area contributed by atoms with Gasteiger partial charge in [-0.05, 0) is 36.4 Å². The topological polar surface area (TPSA) is 89.5 Å². The smallest absolute Gasteiger partial charge is 0.265 e. The fourth-order valence-corrected chi connectivity index (χ4v) is 3.83. The van der Waals surface area contributed by atoms with Crippen molar-refractivity contribution in [2.24, 2.45) is 0 Å². The van der Waals surface area contributed by atoms with Crippen LogP contribution in [-0.4, -0.2) is 30.2 Å². The Labute approximate surface area is 133 Å². The van der Waals surface area contributed by atoms with Gasteiger partial charge in [0, 0.05) is 6.26 Å². The lowest BCUT2D eigenvalue weighted by atomic mass is 10.3. The third-order valence-corrected chi connectivity index (χ3v) is 5.44. The summed E-state index contributed by atoms with van der Waals surface area (Å²) >= 11 is 0. The molecule has 0 aliphatic carbocycles. The molecule has 0 saturated heterocycles. The van der Waals surface area contributed by atoms with E-state index in [2.05, 4.69) is 4.72 Å². The van der Waals surface area contributed by atoms with E-state index >= 15 is 0 Å². The zero-order valence-corrected chi connectivity index (χ0v) is 13.9. The van der Waals surface area contributed by atoms with E-state index in [0.29, 0.717) is 0 Å². The van der Waals surface area contributed by atoms with Gasteiger partial charge < -0.3 is 4.74 Å². The highest BCUT2D eigenvalue weighted by Crippen LogP contribution is 2.28. The molecule has 0 amide bonds. The van der Waals surface area contributed by atoms with Gasteiger partial charge >= 0.3 is 0 Å². The van der Waals surface area contributed by atoms with Crippen LogP contribution in [0.1, 0.15) is 0 Å². The zero-order chi connectivity index (χ0) is 17.3. The summed E-state index contributed by atoms with van der Waals surface area (Å²) in [5, 5.41) is 0. The van der Waals surface area contributed by atoms with E-state index in [1.165, 1.54) is 37.4 Å². The lowest BCUT2D eigenvalue weighted by Gasteiger charge is -2.12. The van der Waals surface area contributed by atoms with Gasteiger partial charge in [0.2, 0.25) is 0 Å². The fourth-order valence-electron chi connectivity index (χ4n) is 1.86. The van der Waals surface area contributed by atoms with Gasteiger partial charge in [0.05, 0.1) is 17.7 Å². The minimum absolute atomic E-state index is 0.0109. The van der Waals surface area contributed by atoms with Crippen LogP contribution in [0, 0.1) is 5.82 Å². The largest absolute Gasteiger partial charge is 0.495 e. The monoisotopic (exact) mass is 359 g/mol. The second-order valence-electron chi connectivity index (χ2n) is 4.70. The molecule has 2 rings (SSSR count). The first-order valence-corrected chi connectivity index (χ1v) is 9.67. The molecule has 124 valence electrons. The van der Waals surface area contributed by atoms with Crippen molar-refractivity contribution >= 4 is 25.5 Å². The van der Waals surface area contributed by atoms with Gasteiger partial charge in [-0.1, -0.05) is 6.07 Å². The summed E-state index contributed by atoms with van der Waals surface area (Å²) in [6, 6.07) is 8.37. The van der Waals surface area contributed by atoms with Crippen LogP contribution < -0.4 is 9.46 Å². The second kappa shape index (κ2) is 6.17. The third-order valence-electron chi connectivity index (χ3n) is 2.93. The number of rotatable bonds is 5. The Morgan fingerprint density at radius 1 is 1.04 bits per heavy atom. The van der Waals surface area contributed by atoms with Crippen molar-refractivity contribution in [1.82, 2.24) is 0 Å². The van der Waals surface area contributed by atoms with Crippen molar-refractivity contribution in [1.29, 1.82) is 0 Å². The summed E-state index contributed by atoms with van der Waals surface area (Å²) < 4.78 is 68.5. The Morgan fingerprint density at radius 3 is 2.30 bits per heavy atom. The Kier molecular flexibility index (Phi) is 4.62. The molecular formula is C14H14FNO5S2. The molecule has 0 atom stereocenters. The number of sulfonamides is 1. The van der Waals surface area contributed by atoms with Crippen LogP contribution in [0.15, 0.2) is 52.3 Å². The van der Waals surface area contributed by atoms with E-state index < -0.39 is 25.7 Å². The van der Waals surface area contributed by atoms with Crippen molar-refractivity contribution in [3.05, 3.63) is 48.3 Å². The summed E-state index contributed by atoms with van der Waals surface area (Å²) in [7, 11) is -6.50. The average molecular weight is 359 g/mol. The normalized spacial score (nSPS) is 12.0. The molecule has 0 radical (unpaired) electrons. The first-order valence-electron chi connectivity index (χ1n) is 6.30. The van der Waals surface area contributed by atoms with Crippen molar-refractivity contribution < 1.29 is 26.0 Å². The van der Waals surface area contributed by atoms with Crippen LogP contribution in [0.4, 0.5) is 10.1 Å². The minimum atomic E-state index is -4.16. The minimum Gasteiger partial charge on any atom is -0.495 e. The first kappa shape index (κ1) is 17.2. The zero-order valence-electron chi connectivity index (χ0n) is 12.3. The van der Waals surface area contributed by atoms with Crippen LogP contribution >= 0.6 is 0 Å². The average Bonchev–Trinajstić information content (AvgIpc) is 2.45. The molecule has 0 bridgehead atoms. The Balaban J connectivity index is 2.54. The van der Waals surface area contributed by atoms with E-state index in [4.69, 9.17) is 4.74 Å². The van der Waals surface area contributed by atoms with Crippen LogP contribution in [0.3, 0.4) is 0 Å². The summed E-state index contributed by atoms with van der Waals surface area (Å²) in [6.07, 6.45) is 0.964. The molecule has 6 nitrogen and oxygen atoms in total. The standard InChI is InChI=1S/C14H14FNO5S2/c1-21-13-7-6-12(22(2,17)18)9-14(13)23(19,20)16-11-5-3-4-10(15)8-11/h3-9,16H,1-2H3. The summed E-state index contributed by atoms with van der Waals surface area (Å²) in [4.78, 5) is -0.523. The molecule has 0 unspecified atom stereocenters. The van der Waals surface area contributed by atoms with Crippen LogP contribution in [0.5, 0.6) is 5.75 Å². The van der Waals surface area contributed by atoms with Gasteiger partial charge in [-0.15, -0.1) is 0 Å². The molecule has 0 fully saturated rings. The van der Waals surface area contributed by atoms with Gasteiger partial charge in [-0.2, -0.15) is 0 Å². The van der Waals surface area contributed by atoms with Gasteiger partial charge in [-0.3, -0.25) is 4.72 Å². The maximum atomic E-state index is 13.2. The quantitative estimate of drug-likeness (QED) is 0.882. The summed E-state index contributed by atoms with van der Waals surface area (Å²) in [5.74, 6) is -0.636. The number of nitrogens with one attached hydrogen (secondary N) is 1. The van der Waals surface area contributed by atoms with Crippen molar-refractivity contribution in [2.45, 2.75) is 9.79 Å². The predicted molar refractivity (Wildman–Crippen MR) is 83.3 cm³/mol. The van der Waals surface area contributed by atoms with E-state index in [0.717, 1.165) is 18.4 Å². The van der Waals surface area contributed by atoms with Gasteiger partial charge in [-0.25, -0.2) is 21.2 Å². The van der Waals surface area contributed by atoms with Crippen LogP contribution in [0.2, 0.25) is 0 Å².